The van der Waals surface area contributed by atoms with Crippen molar-refractivity contribution in [1.82, 2.24) is 14.7 Å². The van der Waals surface area contributed by atoms with Gasteiger partial charge in [-0.05, 0) is 37.6 Å². The number of benzene rings is 1. The largest absolute Gasteiger partial charge is 0.378 e. The second-order valence-corrected chi connectivity index (χ2v) is 6.25. The lowest BCUT2D eigenvalue weighted by Crippen LogP contribution is -2.40. The summed E-state index contributed by atoms with van der Waals surface area (Å²) in [6.07, 6.45) is 0. The average Bonchev–Trinajstić information content (AvgIpc) is 2.99. The molecule has 1 aromatic heterocycles. The number of anilines is 1. The van der Waals surface area contributed by atoms with Crippen LogP contribution in [0.25, 0.3) is 0 Å². The molecular weight excluding hydrogens is 339 g/mol. The van der Waals surface area contributed by atoms with Gasteiger partial charge in [0.2, 0.25) is 5.91 Å². The Kier molecular flexibility index (Phi) is 5.32. The number of carbonyl (C=O) groups is 2. The van der Waals surface area contributed by atoms with Gasteiger partial charge in [-0.2, -0.15) is 5.10 Å². The van der Waals surface area contributed by atoms with Crippen molar-refractivity contribution in [3.05, 3.63) is 47.0 Å². The van der Waals surface area contributed by atoms with Crippen LogP contribution in [0.15, 0.2) is 24.3 Å². The van der Waals surface area contributed by atoms with Crippen LogP contribution in [0.5, 0.6) is 0 Å². The van der Waals surface area contributed by atoms with Crippen molar-refractivity contribution in [1.29, 1.82) is 0 Å². The zero-order valence-electron chi connectivity index (χ0n) is 14.8. The maximum Gasteiger partial charge on any atom is 0.274 e. The third-order valence-corrected chi connectivity index (χ3v) is 4.25. The molecule has 1 aromatic carbocycles. The highest BCUT2D eigenvalue weighted by Gasteiger charge is 2.22. The molecule has 2 amide bonds. The van der Waals surface area contributed by atoms with E-state index in [-0.39, 0.29) is 24.2 Å². The summed E-state index contributed by atoms with van der Waals surface area (Å²) in [7, 11) is 0. The maximum atomic E-state index is 13.6. The molecule has 0 radical (unpaired) electrons. The summed E-state index contributed by atoms with van der Waals surface area (Å²) in [4.78, 5) is 26.4. The van der Waals surface area contributed by atoms with Crippen LogP contribution in [0, 0.1) is 19.7 Å². The first-order chi connectivity index (χ1) is 12.4. The molecule has 1 saturated heterocycles. The molecule has 0 bridgehead atoms. The summed E-state index contributed by atoms with van der Waals surface area (Å²) >= 11 is 0. The fourth-order valence-corrected chi connectivity index (χ4v) is 2.71. The molecule has 8 heteroatoms. The van der Waals surface area contributed by atoms with E-state index in [1.807, 2.05) is 0 Å². The van der Waals surface area contributed by atoms with Crippen LogP contribution in [-0.2, 0) is 16.1 Å². The number of hydrogen-bond donors (Lipinski definition) is 1. The Labute approximate surface area is 150 Å². The van der Waals surface area contributed by atoms with Crippen LogP contribution in [0.3, 0.4) is 0 Å². The number of ether oxygens (including phenoxy) is 1. The Morgan fingerprint density at radius 1 is 1.23 bits per heavy atom. The highest BCUT2D eigenvalue weighted by molar-refractivity contribution is 5.93. The van der Waals surface area contributed by atoms with Crippen molar-refractivity contribution in [2.24, 2.45) is 0 Å². The van der Waals surface area contributed by atoms with E-state index in [0.29, 0.717) is 48.9 Å². The first-order valence-corrected chi connectivity index (χ1v) is 8.41. The molecule has 0 aliphatic carbocycles. The van der Waals surface area contributed by atoms with E-state index >= 15 is 0 Å². The molecule has 3 rings (SSSR count). The van der Waals surface area contributed by atoms with Gasteiger partial charge in [0.25, 0.3) is 5.91 Å². The Balaban J connectivity index is 1.65. The highest BCUT2D eigenvalue weighted by Crippen LogP contribution is 2.14. The van der Waals surface area contributed by atoms with Crippen molar-refractivity contribution >= 4 is 17.5 Å². The summed E-state index contributed by atoms with van der Waals surface area (Å²) in [5, 5.41) is 6.88. The van der Waals surface area contributed by atoms with Gasteiger partial charge in [-0.1, -0.05) is 6.07 Å². The zero-order valence-corrected chi connectivity index (χ0v) is 14.8. The van der Waals surface area contributed by atoms with Crippen molar-refractivity contribution in [3.63, 3.8) is 0 Å². The molecule has 0 atom stereocenters. The Morgan fingerprint density at radius 3 is 2.65 bits per heavy atom. The monoisotopic (exact) mass is 360 g/mol. The average molecular weight is 360 g/mol. The minimum atomic E-state index is -0.378. The zero-order chi connectivity index (χ0) is 18.7. The van der Waals surface area contributed by atoms with Crippen LogP contribution in [0.4, 0.5) is 10.1 Å². The van der Waals surface area contributed by atoms with Gasteiger partial charge in [0.05, 0.1) is 13.2 Å². The summed E-state index contributed by atoms with van der Waals surface area (Å²) < 4.78 is 20.3. The van der Waals surface area contributed by atoms with Crippen molar-refractivity contribution < 1.29 is 18.7 Å². The maximum absolute atomic E-state index is 13.6. The number of morpholine rings is 1. The smallest absolute Gasteiger partial charge is 0.274 e. The van der Waals surface area contributed by atoms with Crippen LogP contribution in [0.1, 0.15) is 21.7 Å². The van der Waals surface area contributed by atoms with Crippen LogP contribution < -0.4 is 5.32 Å². The van der Waals surface area contributed by atoms with Crippen molar-refractivity contribution in [3.8, 4) is 0 Å². The number of nitrogens with one attached hydrogen (secondary N) is 1. The van der Waals surface area contributed by atoms with Gasteiger partial charge in [0.15, 0.2) is 5.69 Å². The number of aryl methyl sites for hydroxylation is 2. The van der Waals surface area contributed by atoms with Gasteiger partial charge in [0, 0.05) is 24.5 Å². The first kappa shape index (κ1) is 18.1. The van der Waals surface area contributed by atoms with Crippen LogP contribution in [-0.4, -0.2) is 52.8 Å². The Hall–Kier alpha value is -2.74. The molecule has 2 heterocycles. The quantitative estimate of drug-likeness (QED) is 0.901. The van der Waals surface area contributed by atoms with Crippen LogP contribution >= 0.6 is 0 Å². The van der Waals surface area contributed by atoms with Gasteiger partial charge in [-0.25, -0.2) is 4.39 Å². The molecule has 0 saturated carbocycles. The number of hydrogen-bond acceptors (Lipinski definition) is 4. The van der Waals surface area contributed by atoms with E-state index in [4.69, 9.17) is 4.74 Å². The third-order valence-electron chi connectivity index (χ3n) is 4.25. The summed E-state index contributed by atoms with van der Waals surface area (Å²) in [5.74, 6) is -0.891. The minimum absolute atomic E-state index is 0.0578. The number of rotatable bonds is 4. The number of halogens is 1. The predicted octanol–water partition coefficient (Wildman–Crippen LogP) is 1.75. The fourth-order valence-electron chi connectivity index (χ4n) is 2.71. The summed E-state index contributed by atoms with van der Waals surface area (Å²) in [5.41, 5.74) is 1.90. The summed E-state index contributed by atoms with van der Waals surface area (Å²) in [6, 6.07) is 6.18. The van der Waals surface area contributed by atoms with Crippen molar-refractivity contribution in [2.75, 3.05) is 31.6 Å². The van der Waals surface area contributed by atoms with E-state index in [1.54, 1.807) is 36.9 Å². The van der Waals surface area contributed by atoms with Crippen LogP contribution in [0.2, 0.25) is 0 Å². The molecule has 2 aromatic rings. The molecule has 1 aliphatic rings. The molecule has 0 unspecified atom stereocenters. The van der Waals surface area contributed by atoms with Gasteiger partial charge in [-0.15, -0.1) is 0 Å². The second kappa shape index (κ2) is 7.65. The summed E-state index contributed by atoms with van der Waals surface area (Å²) in [6.45, 7) is 5.47. The number of nitrogens with zero attached hydrogens (tertiary/aromatic N) is 3. The molecule has 26 heavy (non-hydrogen) atoms. The van der Waals surface area contributed by atoms with Gasteiger partial charge in [0.1, 0.15) is 12.4 Å². The second-order valence-electron chi connectivity index (χ2n) is 6.25. The topological polar surface area (TPSA) is 76.5 Å². The normalized spacial score (nSPS) is 14.3. The van der Waals surface area contributed by atoms with Crippen molar-refractivity contribution in [2.45, 2.75) is 20.4 Å². The lowest BCUT2D eigenvalue weighted by molar-refractivity contribution is -0.116. The number of aromatic nitrogens is 2. The molecule has 1 fully saturated rings. The Bertz CT molecular complexity index is 828. The third kappa shape index (κ3) is 4.08. The predicted molar refractivity (Wildman–Crippen MR) is 93.5 cm³/mol. The van der Waals surface area contributed by atoms with Gasteiger partial charge >= 0.3 is 0 Å². The fraction of sp³-hybridized carbons (Fsp3) is 0.389. The molecule has 0 spiro atoms. The van der Waals surface area contributed by atoms with E-state index in [0.717, 1.165) is 0 Å². The molecule has 138 valence electrons. The minimum Gasteiger partial charge on any atom is -0.378 e. The number of amides is 2. The number of carbonyl (C=O) groups excluding carboxylic acids is 2. The molecule has 7 nitrogen and oxygen atoms in total. The molecular formula is C18H21FN4O3. The van der Waals surface area contributed by atoms with E-state index in [1.165, 1.54) is 10.7 Å². The van der Waals surface area contributed by atoms with Gasteiger partial charge in [-0.3, -0.25) is 14.3 Å². The first-order valence-electron chi connectivity index (χ1n) is 8.41. The van der Waals surface area contributed by atoms with E-state index in [9.17, 15) is 14.0 Å². The van der Waals surface area contributed by atoms with Gasteiger partial charge < -0.3 is 15.0 Å². The Morgan fingerprint density at radius 2 is 1.96 bits per heavy atom. The lowest BCUT2D eigenvalue weighted by atomic mass is 10.2. The van der Waals surface area contributed by atoms with E-state index < -0.39 is 0 Å². The van der Waals surface area contributed by atoms with E-state index in [2.05, 4.69) is 10.4 Å². The molecule has 1 N–H and O–H groups in total. The lowest BCUT2D eigenvalue weighted by Gasteiger charge is -2.25. The highest BCUT2D eigenvalue weighted by atomic mass is 19.1. The standard InChI is InChI=1S/C18H21FN4O3/c1-12-3-4-14(10-15(12)19)20-17(24)11-23-13(2)9-16(21-23)18(25)22-5-7-26-8-6-22/h3-4,9-10H,5-8,11H2,1-2H3,(H,20,24). The molecule has 1 aliphatic heterocycles. The SMILES string of the molecule is Cc1ccc(NC(=O)Cn2nc(C(=O)N3CCOCC3)cc2C)cc1F.